The second-order valence-corrected chi connectivity index (χ2v) is 18.7. The fourth-order valence-electron chi connectivity index (χ4n) is 7.63. The number of sulfone groups is 1. The van der Waals surface area contributed by atoms with E-state index in [1.807, 2.05) is 0 Å². The predicted molar refractivity (Wildman–Crippen MR) is 191 cm³/mol. The van der Waals surface area contributed by atoms with Gasteiger partial charge in [-0.1, -0.05) is 35.5 Å². The van der Waals surface area contributed by atoms with Crippen molar-refractivity contribution in [1.82, 2.24) is 45.2 Å². The third-order valence-electron chi connectivity index (χ3n) is 10.6. The van der Waals surface area contributed by atoms with Crippen LogP contribution in [-0.4, -0.2) is 159 Å². The Balaban J connectivity index is 0.000000249. The summed E-state index contributed by atoms with van der Waals surface area (Å²) in [7, 11) is -3.80. The summed E-state index contributed by atoms with van der Waals surface area (Å²) in [6.45, 7) is 6.86. The fourth-order valence-corrected chi connectivity index (χ4v) is 11.6. The third-order valence-corrected chi connectivity index (χ3v) is 14.9. The molecule has 0 saturated carbocycles. The number of imide groups is 1. The first-order valence-corrected chi connectivity index (χ1v) is 19.8. The second-order valence-electron chi connectivity index (χ2n) is 14.4. The largest absolute Gasteiger partial charge is 1.00 e. The van der Waals surface area contributed by atoms with Crippen molar-refractivity contribution in [2.24, 2.45) is 0 Å². The maximum Gasteiger partial charge on any atom is 1.00 e. The minimum atomic E-state index is -3.80. The van der Waals surface area contributed by atoms with E-state index in [0.29, 0.717) is 12.1 Å². The van der Waals surface area contributed by atoms with Gasteiger partial charge >= 0.3 is 59.3 Å². The van der Waals surface area contributed by atoms with Crippen LogP contribution < -0.4 is 40.2 Å². The number of carbonyl (C=O) groups excluding carboxylic acids is 6. The smallest absolute Gasteiger partial charge is 0.480 e. The molecule has 24 heteroatoms. The number of urea groups is 1. The SMILES string of the molecule is CCN1CCN(C(=O)N[C@@H](C(=O)N[C@@H]2C(=O)N3[C@@H]2SC(C)(C)[C@@H]3C(=O)O)c2ccccc2)C(=O)C1=O.C[C@@]1(Cn2ccnn2)[C@H](C(=O)O)N2C(=O)C[C@H]2S1(=O)=O.[Na+]. The number of carboxylic acids is 2. The number of hydrogen-bond donors (Lipinski definition) is 4. The van der Waals surface area contributed by atoms with Crippen LogP contribution in [0.25, 0.3) is 0 Å². The number of nitrogens with one attached hydrogen (secondary N) is 2. The number of piperazine rings is 1. The second kappa shape index (κ2) is 16.0. The van der Waals surface area contributed by atoms with Crippen molar-refractivity contribution in [1.29, 1.82) is 0 Å². The van der Waals surface area contributed by atoms with Gasteiger partial charge in [0.25, 0.3) is 0 Å². The number of rotatable bonds is 9. The molecule has 0 aliphatic carbocycles. The number of hydrogen-bond acceptors (Lipinski definition) is 13. The number of aliphatic carboxylic acids is 2. The summed E-state index contributed by atoms with van der Waals surface area (Å²) >= 11 is 1.28. The van der Waals surface area contributed by atoms with Crippen LogP contribution in [0.2, 0.25) is 0 Å². The van der Waals surface area contributed by atoms with Crippen molar-refractivity contribution in [3.8, 4) is 0 Å². The fraction of sp³-hybridized carbons (Fsp3) is 0.515. The molecule has 300 valence electrons. The molecule has 6 heterocycles. The Bertz CT molecular complexity index is 2110. The minimum absolute atomic E-state index is 0. The number of benzene rings is 1. The van der Waals surface area contributed by atoms with Crippen LogP contribution in [0.15, 0.2) is 42.7 Å². The number of nitrogens with zero attached hydrogens (tertiary/aromatic N) is 7. The van der Waals surface area contributed by atoms with Gasteiger partial charge in [0.05, 0.1) is 19.2 Å². The first-order chi connectivity index (χ1) is 26.3. The van der Waals surface area contributed by atoms with Gasteiger partial charge in [-0.3, -0.25) is 33.6 Å². The van der Waals surface area contributed by atoms with Gasteiger partial charge in [-0.05, 0) is 33.3 Å². The zero-order valence-corrected chi connectivity index (χ0v) is 35.1. The van der Waals surface area contributed by atoms with Crippen LogP contribution in [-0.2, 0) is 49.9 Å². The Labute approximate surface area is 352 Å². The van der Waals surface area contributed by atoms with Gasteiger partial charge in [0, 0.05) is 30.6 Å². The standard InChI is InChI=1S/C23H27N5O7S.C10H12N4O5S.Na/c1-4-26-10-11-27(19(32)18(26)31)22(35)25-13(12-8-6-5-7-9-12)16(29)24-14-17(30)28-15(21(33)34)23(2,3)36-20(14)28;1-10(5-13-3-2-11-12-13)8(9(16)17)14-6(15)4-7(14)20(10,18)19;/h5-9,13-15,20H,4,10-11H2,1-3H3,(H,24,29)(H,25,35)(H,33,34);2-3,7-8H,4-5H2,1H3,(H,16,17);/q;;+1/t13-,14-,15+,20-;7-,8+,10-;/m11./s1. The molecule has 5 saturated heterocycles. The molecule has 0 unspecified atom stereocenters. The Morgan fingerprint density at radius 1 is 0.965 bits per heavy atom. The molecule has 0 radical (unpaired) electrons. The molecule has 2 aromatic rings. The van der Waals surface area contributed by atoms with Crippen LogP contribution in [0, 0.1) is 0 Å². The number of fused-ring (bicyclic) bond motifs is 2. The molecule has 1 aromatic heterocycles. The van der Waals surface area contributed by atoms with Crippen molar-refractivity contribution in [2.75, 3.05) is 19.6 Å². The van der Waals surface area contributed by atoms with Crippen LogP contribution in [0.5, 0.6) is 0 Å². The van der Waals surface area contributed by atoms with E-state index in [1.54, 1.807) is 51.1 Å². The number of carboxylic acid groups (broad SMARTS) is 2. The number of amides is 7. The van der Waals surface area contributed by atoms with Gasteiger partial charge in [0.1, 0.15) is 33.6 Å². The molecule has 4 N–H and O–H groups in total. The Morgan fingerprint density at radius 2 is 1.61 bits per heavy atom. The molecule has 5 aliphatic heterocycles. The quantitative estimate of drug-likeness (QED) is 0.105. The van der Waals surface area contributed by atoms with Crippen molar-refractivity contribution in [2.45, 2.75) is 85.1 Å². The molecule has 21 nitrogen and oxygen atoms in total. The average Bonchev–Trinajstić information content (AvgIpc) is 3.78. The monoisotopic (exact) mass is 840 g/mol. The summed E-state index contributed by atoms with van der Waals surface area (Å²) in [5.74, 6) is -5.90. The maximum atomic E-state index is 13.3. The van der Waals surface area contributed by atoms with Crippen LogP contribution >= 0.6 is 11.8 Å². The van der Waals surface area contributed by atoms with Crippen LogP contribution in [0.4, 0.5) is 4.79 Å². The van der Waals surface area contributed by atoms with E-state index in [4.69, 9.17) is 0 Å². The number of likely N-dealkylation sites (N-methyl/N-ethyl adjacent to an activating group) is 1. The maximum absolute atomic E-state index is 13.3. The number of thioether (sulfide) groups is 1. The van der Waals surface area contributed by atoms with Gasteiger partial charge in [0.2, 0.25) is 17.7 Å². The summed E-state index contributed by atoms with van der Waals surface area (Å²) in [5.41, 5.74) is 0.403. The Kier molecular flexibility index (Phi) is 12.2. The molecule has 57 heavy (non-hydrogen) atoms. The van der Waals surface area contributed by atoms with E-state index in [0.717, 1.165) is 9.80 Å². The average molecular weight is 841 g/mol. The molecule has 0 spiro atoms. The van der Waals surface area contributed by atoms with Gasteiger partial charge in [-0.15, -0.1) is 16.9 Å². The molecule has 7 amide bonds. The number of β-lactam (4-membered cyclic amide) rings is 2. The summed E-state index contributed by atoms with van der Waals surface area (Å²) in [6.07, 6.45) is 2.68. The Hall–Kier alpha value is -4.58. The molecule has 1 aromatic carbocycles. The van der Waals surface area contributed by atoms with E-state index < -0.39 is 102 Å². The number of aromatic nitrogens is 3. The molecular formula is C33H39N9NaO12S2+. The molecule has 5 fully saturated rings. The molecule has 5 aliphatic rings. The van der Waals surface area contributed by atoms with Crippen molar-refractivity contribution < 1.29 is 86.5 Å². The normalized spacial score (nSPS) is 28.4. The van der Waals surface area contributed by atoms with E-state index in [2.05, 4.69) is 20.9 Å². The zero-order chi connectivity index (χ0) is 41.1. The minimum Gasteiger partial charge on any atom is -0.480 e. The van der Waals surface area contributed by atoms with Crippen LogP contribution in [0.3, 0.4) is 0 Å². The van der Waals surface area contributed by atoms with Gasteiger partial charge in [0.15, 0.2) is 15.9 Å². The van der Waals surface area contributed by atoms with Crippen molar-refractivity contribution in [3.05, 3.63) is 48.3 Å². The first kappa shape index (κ1) is 43.5. The Morgan fingerprint density at radius 3 is 2.18 bits per heavy atom. The van der Waals surface area contributed by atoms with Gasteiger partial charge < -0.3 is 35.5 Å². The first-order valence-electron chi connectivity index (χ1n) is 17.4. The third kappa shape index (κ3) is 7.38. The van der Waals surface area contributed by atoms with E-state index in [9.17, 15) is 57.0 Å². The summed E-state index contributed by atoms with van der Waals surface area (Å²) in [4.78, 5) is 103. The zero-order valence-electron chi connectivity index (χ0n) is 31.5. The summed E-state index contributed by atoms with van der Waals surface area (Å²) < 4.78 is 24.0. The van der Waals surface area contributed by atoms with Crippen molar-refractivity contribution in [3.63, 3.8) is 0 Å². The van der Waals surface area contributed by atoms with E-state index in [-0.39, 0.29) is 55.6 Å². The topological polar surface area (TPSA) is 279 Å². The molecule has 7 atom stereocenters. The molecular weight excluding hydrogens is 802 g/mol. The van der Waals surface area contributed by atoms with Gasteiger partial charge in [-0.2, -0.15) is 0 Å². The number of carbonyl (C=O) groups is 8. The predicted octanol–water partition coefficient (Wildman–Crippen LogP) is -4.76. The van der Waals surface area contributed by atoms with Gasteiger partial charge in [-0.25, -0.2) is 22.8 Å². The summed E-state index contributed by atoms with van der Waals surface area (Å²) in [6, 6.07) is 2.71. The van der Waals surface area contributed by atoms with E-state index in [1.165, 1.54) is 45.6 Å². The molecule has 0 bridgehead atoms. The van der Waals surface area contributed by atoms with Crippen LogP contribution in [0.1, 0.15) is 45.7 Å². The van der Waals surface area contributed by atoms with E-state index >= 15 is 0 Å². The summed E-state index contributed by atoms with van der Waals surface area (Å²) in [5, 5.41) is 29.7. The van der Waals surface area contributed by atoms with Crippen molar-refractivity contribution >= 4 is 69.1 Å². The molecule has 7 rings (SSSR count).